The summed E-state index contributed by atoms with van der Waals surface area (Å²) in [5, 5.41) is 4.82. The van der Waals surface area contributed by atoms with Gasteiger partial charge in [0.2, 0.25) is 0 Å². The number of thiophene rings is 1. The van der Waals surface area contributed by atoms with Gasteiger partial charge in [-0.3, -0.25) is 4.79 Å². The Morgan fingerprint density at radius 1 is 1.47 bits per heavy atom. The maximum absolute atomic E-state index is 11.2. The Hall–Kier alpha value is -1.20. The van der Waals surface area contributed by atoms with Crippen LogP contribution in [0.3, 0.4) is 0 Å². The molecule has 0 aliphatic rings. The first-order chi connectivity index (χ1) is 8.16. The maximum Gasteiger partial charge on any atom is 0.185 e. The highest BCUT2D eigenvalue weighted by molar-refractivity contribution is 7.14. The summed E-state index contributed by atoms with van der Waals surface area (Å²) in [4.78, 5) is 18.9. The molecule has 17 heavy (non-hydrogen) atoms. The number of aromatic nitrogens is 1. The second-order valence-electron chi connectivity index (χ2n) is 3.82. The van der Waals surface area contributed by atoms with Crippen molar-refractivity contribution in [3.63, 3.8) is 0 Å². The summed E-state index contributed by atoms with van der Waals surface area (Å²) in [5.41, 5.74) is 0.563. The van der Waals surface area contributed by atoms with E-state index in [0.29, 0.717) is 5.69 Å². The lowest BCUT2D eigenvalue weighted by Crippen LogP contribution is -2.19. The fraction of sp³-hybridized carbons (Fsp3) is 0.333. The highest BCUT2D eigenvalue weighted by Crippen LogP contribution is 2.20. The van der Waals surface area contributed by atoms with Gasteiger partial charge >= 0.3 is 0 Å². The molecule has 0 unspecified atom stereocenters. The van der Waals surface area contributed by atoms with Crippen molar-refractivity contribution >= 4 is 33.6 Å². The Kier molecular flexibility index (Phi) is 3.91. The number of carbonyl (C=O) groups is 1. The highest BCUT2D eigenvalue weighted by atomic mass is 32.1. The van der Waals surface area contributed by atoms with Crippen molar-refractivity contribution in [2.45, 2.75) is 13.3 Å². The first-order valence-corrected chi connectivity index (χ1v) is 7.12. The van der Waals surface area contributed by atoms with Gasteiger partial charge in [0.1, 0.15) is 5.69 Å². The largest absolute Gasteiger partial charge is 0.351 e. The smallest absolute Gasteiger partial charge is 0.185 e. The van der Waals surface area contributed by atoms with Crippen LogP contribution in [0.1, 0.15) is 22.3 Å². The Morgan fingerprint density at radius 3 is 2.88 bits per heavy atom. The Balaban J connectivity index is 1.94. The molecule has 0 N–H and O–H groups in total. The summed E-state index contributed by atoms with van der Waals surface area (Å²) < 4.78 is 0. The standard InChI is InChI=1S/C12H14N2OS2/c1-9(15)11-8-17-12(13-11)14(2)6-5-10-4-3-7-16-10/h3-4,7-8H,5-6H2,1-2H3. The molecule has 5 heteroatoms. The van der Waals surface area contributed by atoms with E-state index < -0.39 is 0 Å². The van der Waals surface area contributed by atoms with E-state index in [1.54, 1.807) is 18.3 Å². The number of anilines is 1. The van der Waals surface area contributed by atoms with Gasteiger partial charge in [0.15, 0.2) is 10.9 Å². The molecule has 2 heterocycles. The van der Waals surface area contributed by atoms with E-state index in [2.05, 4.69) is 27.4 Å². The van der Waals surface area contributed by atoms with Crippen LogP contribution >= 0.6 is 22.7 Å². The molecule has 0 radical (unpaired) electrons. The van der Waals surface area contributed by atoms with E-state index in [1.807, 2.05) is 12.4 Å². The first-order valence-electron chi connectivity index (χ1n) is 5.37. The van der Waals surface area contributed by atoms with Crippen LogP contribution in [-0.2, 0) is 6.42 Å². The SMILES string of the molecule is CC(=O)c1csc(N(C)CCc2cccs2)n1. The van der Waals surface area contributed by atoms with Crippen LogP contribution in [0.4, 0.5) is 5.13 Å². The molecule has 0 spiro atoms. The van der Waals surface area contributed by atoms with Crippen molar-refractivity contribution in [1.82, 2.24) is 4.98 Å². The third kappa shape index (κ3) is 3.14. The molecule has 0 aliphatic carbocycles. The average molecular weight is 266 g/mol. The molecule has 0 atom stereocenters. The molecule has 0 aromatic carbocycles. The fourth-order valence-corrected chi connectivity index (χ4v) is 2.99. The Morgan fingerprint density at radius 2 is 2.29 bits per heavy atom. The van der Waals surface area contributed by atoms with Gasteiger partial charge in [0.05, 0.1) is 0 Å². The van der Waals surface area contributed by atoms with Crippen molar-refractivity contribution < 1.29 is 4.79 Å². The topological polar surface area (TPSA) is 33.2 Å². The number of carbonyl (C=O) groups excluding carboxylic acids is 1. The van der Waals surface area contributed by atoms with Crippen LogP contribution in [0.25, 0.3) is 0 Å². The molecule has 0 saturated heterocycles. The van der Waals surface area contributed by atoms with Gasteiger partial charge in [-0.1, -0.05) is 6.07 Å². The molecule has 0 bridgehead atoms. The van der Waals surface area contributed by atoms with E-state index in [1.165, 1.54) is 16.2 Å². The first kappa shape index (κ1) is 12.3. The lowest BCUT2D eigenvalue weighted by molar-refractivity contribution is 0.101. The average Bonchev–Trinajstić information content (AvgIpc) is 2.96. The molecule has 2 rings (SSSR count). The number of hydrogen-bond acceptors (Lipinski definition) is 5. The van der Waals surface area contributed by atoms with E-state index in [4.69, 9.17) is 0 Å². The van der Waals surface area contributed by atoms with Crippen molar-refractivity contribution in [3.8, 4) is 0 Å². The second-order valence-corrected chi connectivity index (χ2v) is 5.69. The Bertz CT molecular complexity index is 490. The monoisotopic (exact) mass is 266 g/mol. The number of nitrogens with zero attached hydrogens (tertiary/aromatic N) is 2. The van der Waals surface area contributed by atoms with Gasteiger partial charge in [0, 0.05) is 30.8 Å². The normalized spacial score (nSPS) is 10.5. The molecule has 2 aromatic rings. The molecule has 0 aliphatic heterocycles. The zero-order chi connectivity index (χ0) is 12.3. The van der Waals surface area contributed by atoms with E-state index in [9.17, 15) is 4.79 Å². The maximum atomic E-state index is 11.2. The predicted octanol–water partition coefficient (Wildman–Crippen LogP) is 3.09. The van der Waals surface area contributed by atoms with Crippen LogP contribution in [0.2, 0.25) is 0 Å². The number of thiazole rings is 1. The summed E-state index contributed by atoms with van der Waals surface area (Å²) >= 11 is 3.29. The number of hydrogen-bond donors (Lipinski definition) is 0. The van der Waals surface area contributed by atoms with E-state index in [-0.39, 0.29) is 5.78 Å². The van der Waals surface area contributed by atoms with Crippen molar-refractivity contribution in [3.05, 3.63) is 33.5 Å². The molecule has 0 fully saturated rings. The quantitative estimate of drug-likeness (QED) is 0.780. The fourth-order valence-electron chi connectivity index (χ4n) is 1.43. The lowest BCUT2D eigenvalue weighted by atomic mass is 10.3. The van der Waals surface area contributed by atoms with Crippen LogP contribution in [0.5, 0.6) is 0 Å². The summed E-state index contributed by atoms with van der Waals surface area (Å²) in [6.45, 7) is 2.47. The van der Waals surface area contributed by atoms with Crippen LogP contribution < -0.4 is 4.90 Å². The zero-order valence-electron chi connectivity index (χ0n) is 9.84. The van der Waals surface area contributed by atoms with Gasteiger partial charge in [-0.25, -0.2) is 4.98 Å². The lowest BCUT2D eigenvalue weighted by Gasteiger charge is -2.14. The third-order valence-corrected chi connectivity index (χ3v) is 4.34. The molecular weight excluding hydrogens is 252 g/mol. The van der Waals surface area contributed by atoms with Gasteiger partial charge in [-0.15, -0.1) is 22.7 Å². The number of Topliss-reactive ketones (excluding diaryl/α,β-unsaturated/α-hetero) is 1. The van der Waals surface area contributed by atoms with Crippen molar-refractivity contribution in [2.24, 2.45) is 0 Å². The highest BCUT2D eigenvalue weighted by Gasteiger charge is 2.09. The minimum atomic E-state index is 0.0270. The summed E-state index contributed by atoms with van der Waals surface area (Å²) in [6.07, 6.45) is 1.02. The summed E-state index contributed by atoms with van der Waals surface area (Å²) in [7, 11) is 2.01. The predicted molar refractivity (Wildman–Crippen MR) is 73.4 cm³/mol. The van der Waals surface area contributed by atoms with E-state index in [0.717, 1.165) is 18.1 Å². The molecular formula is C12H14N2OS2. The summed E-state index contributed by atoms with van der Waals surface area (Å²) in [5.74, 6) is 0.0270. The van der Waals surface area contributed by atoms with E-state index >= 15 is 0 Å². The minimum absolute atomic E-state index is 0.0270. The van der Waals surface area contributed by atoms with Crippen LogP contribution in [0.15, 0.2) is 22.9 Å². The van der Waals surface area contributed by atoms with Crippen molar-refractivity contribution in [1.29, 1.82) is 0 Å². The van der Waals surface area contributed by atoms with Crippen LogP contribution in [0, 0.1) is 0 Å². The molecule has 90 valence electrons. The summed E-state index contributed by atoms with van der Waals surface area (Å²) in [6, 6.07) is 4.21. The minimum Gasteiger partial charge on any atom is -0.351 e. The number of rotatable bonds is 5. The van der Waals surface area contributed by atoms with Crippen LogP contribution in [-0.4, -0.2) is 24.4 Å². The number of ketones is 1. The van der Waals surface area contributed by atoms with Gasteiger partial charge in [0.25, 0.3) is 0 Å². The molecule has 3 nitrogen and oxygen atoms in total. The second kappa shape index (κ2) is 5.42. The van der Waals surface area contributed by atoms with Gasteiger partial charge < -0.3 is 4.90 Å². The zero-order valence-corrected chi connectivity index (χ0v) is 11.5. The third-order valence-electron chi connectivity index (χ3n) is 2.45. The molecule has 0 amide bonds. The Labute approximate surface area is 109 Å². The van der Waals surface area contributed by atoms with Crippen molar-refractivity contribution in [2.75, 3.05) is 18.5 Å². The molecule has 0 saturated carbocycles. The molecule has 2 aromatic heterocycles. The van der Waals surface area contributed by atoms with Gasteiger partial charge in [-0.2, -0.15) is 0 Å². The van der Waals surface area contributed by atoms with Gasteiger partial charge in [-0.05, 0) is 17.9 Å². The number of likely N-dealkylation sites (N-methyl/N-ethyl adjacent to an activating group) is 1.